The topological polar surface area (TPSA) is 95.3 Å². The van der Waals surface area contributed by atoms with E-state index < -0.39 is 16.9 Å². The van der Waals surface area contributed by atoms with Crippen LogP contribution in [-0.4, -0.2) is 26.0 Å². The Bertz CT molecular complexity index is 702. The molecule has 3 N–H and O–H groups in total. The van der Waals surface area contributed by atoms with Crippen LogP contribution in [0, 0.1) is 0 Å². The van der Waals surface area contributed by atoms with Gasteiger partial charge in [-0.25, -0.2) is 9.48 Å². The van der Waals surface area contributed by atoms with Gasteiger partial charge < -0.3 is 10.2 Å². The van der Waals surface area contributed by atoms with E-state index in [0.29, 0.717) is 11.4 Å². The van der Waals surface area contributed by atoms with E-state index in [1.54, 1.807) is 0 Å². The standard InChI is InChI=1S/C14H16N2O4/c1-14(2,3)11-10(13(19)20)12(18)16(15-11)8-4-6-9(17)7-5-8/h4-7,15,17H,1-3H3,(H,19,20). The predicted molar refractivity (Wildman–Crippen MR) is 73.7 cm³/mol. The molecule has 0 spiro atoms. The van der Waals surface area contributed by atoms with Crippen LogP contribution in [0.15, 0.2) is 29.1 Å². The maximum Gasteiger partial charge on any atom is 0.343 e. The third-order valence-corrected chi connectivity index (χ3v) is 2.96. The minimum atomic E-state index is -1.26. The summed E-state index contributed by atoms with van der Waals surface area (Å²) in [6.07, 6.45) is 0. The van der Waals surface area contributed by atoms with Crippen LogP contribution >= 0.6 is 0 Å². The zero-order valence-corrected chi connectivity index (χ0v) is 11.5. The zero-order valence-electron chi connectivity index (χ0n) is 11.5. The fourth-order valence-corrected chi connectivity index (χ4v) is 1.96. The Labute approximate surface area is 115 Å². The molecule has 1 aromatic heterocycles. The van der Waals surface area contributed by atoms with Gasteiger partial charge in [0.1, 0.15) is 11.3 Å². The van der Waals surface area contributed by atoms with Gasteiger partial charge in [-0.2, -0.15) is 0 Å². The number of carboxylic acid groups (broad SMARTS) is 1. The lowest BCUT2D eigenvalue weighted by Gasteiger charge is -2.17. The lowest BCUT2D eigenvalue weighted by Crippen LogP contribution is -2.22. The highest BCUT2D eigenvalue weighted by Gasteiger charge is 2.28. The number of rotatable bonds is 2. The van der Waals surface area contributed by atoms with Crippen molar-refractivity contribution in [2.24, 2.45) is 0 Å². The molecule has 0 fully saturated rings. The Kier molecular flexibility index (Phi) is 3.17. The Morgan fingerprint density at radius 1 is 1.20 bits per heavy atom. The number of aromatic amines is 1. The van der Waals surface area contributed by atoms with Gasteiger partial charge >= 0.3 is 5.97 Å². The van der Waals surface area contributed by atoms with Crippen molar-refractivity contribution in [3.05, 3.63) is 45.9 Å². The summed E-state index contributed by atoms with van der Waals surface area (Å²) >= 11 is 0. The number of nitrogens with one attached hydrogen (secondary N) is 1. The molecule has 6 nitrogen and oxygen atoms in total. The minimum Gasteiger partial charge on any atom is -0.508 e. The van der Waals surface area contributed by atoms with Gasteiger partial charge in [-0.1, -0.05) is 20.8 Å². The van der Waals surface area contributed by atoms with Crippen molar-refractivity contribution >= 4 is 5.97 Å². The van der Waals surface area contributed by atoms with E-state index >= 15 is 0 Å². The molecule has 0 saturated carbocycles. The molecule has 2 aromatic rings. The minimum absolute atomic E-state index is 0.0721. The fourth-order valence-electron chi connectivity index (χ4n) is 1.96. The Balaban J connectivity index is 2.71. The number of benzene rings is 1. The van der Waals surface area contributed by atoms with Gasteiger partial charge in [-0.15, -0.1) is 0 Å². The van der Waals surface area contributed by atoms with Gasteiger partial charge in [-0.05, 0) is 24.3 Å². The number of aromatic carboxylic acids is 1. The van der Waals surface area contributed by atoms with Crippen LogP contribution in [0.25, 0.3) is 5.69 Å². The van der Waals surface area contributed by atoms with Crippen LogP contribution in [0.3, 0.4) is 0 Å². The van der Waals surface area contributed by atoms with Crippen molar-refractivity contribution in [2.75, 3.05) is 0 Å². The number of phenols is 1. The molecule has 0 unspecified atom stereocenters. The predicted octanol–water partition coefficient (Wildman–Crippen LogP) is 1.87. The summed E-state index contributed by atoms with van der Waals surface area (Å²) in [5.74, 6) is -1.18. The second-order valence-electron chi connectivity index (χ2n) is 5.57. The average molecular weight is 276 g/mol. The first-order valence-corrected chi connectivity index (χ1v) is 6.10. The molecule has 0 saturated heterocycles. The van der Waals surface area contributed by atoms with Gasteiger partial charge in [0.2, 0.25) is 0 Å². The van der Waals surface area contributed by atoms with Gasteiger partial charge in [-0.3, -0.25) is 9.89 Å². The molecular formula is C14H16N2O4. The first-order chi connectivity index (χ1) is 9.21. The molecule has 0 bridgehead atoms. The number of aromatic nitrogens is 2. The Morgan fingerprint density at radius 3 is 2.15 bits per heavy atom. The molecule has 0 aliphatic carbocycles. The Morgan fingerprint density at radius 2 is 1.75 bits per heavy atom. The van der Waals surface area contributed by atoms with E-state index in [4.69, 9.17) is 0 Å². The van der Waals surface area contributed by atoms with E-state index in [1.165, 1.54) is 28.9 Å². The molecule has 1 heterocycles. The Hall–Kier alpha value is -2.50. The molecule has 0 atom stereocenters. The summed E-state index contributed by atoms with van der Waals surface area (Å²) in [5.41, 5.74) is -0.553. The lowest BCUT2D eigenvalue weighted by atomic mass is 9.89. The van der Waals surface area contributed by atoms with E-state index in [0.717, 1.165) is 0 Å². The third-order valence-electron chi connectivity index (χ3n) is 2.96. The number of hydrogen-bond donors (Lipinski definition) is 3. The number of hydrogen-bond acceptors (Lipinski definition) is 3. The first kappa shape index (κ1) is 13.9. The zero-order chi connectivity index (χ0) is 15.1. The maximum absolute atomic E-state index is 12.3. The third kappa shape index (κ3) is 2.32. The van der Waals surface area contributed by atoms with Crippen molar-refractivity contribution in [1.82, 2.24) is 9.78 Å². The number of carbonyl (C=O) groups is 1. The molecule has 20 heavy (non-hydrogen) atoms. The van der Waals surface area contributed by atoms with Crippen LogP contribution in [0.5, 0.6) is 5.75 Å². The number of nitrogens with zero attached hydrogens (tertiary/aromatic N) is 1. The number of carboxylic acids is 1. The van der Waals surface area contributed by atoms with E-state index in [-0.39, 0.29) is 11.3 Å². The first-order valence-electron chi connectivity index (χ1n) is 6.10. The van der Waals surface area contributed by atoms with Gasteiger partial charge in [0, 0.05) is 5.41 Å². The molecule has 0 aliphatic rings. The highest BCUT2D eigenvalue weighted by atomic mass is 16.4. The molecule has 6 heteroatoms. The quantitative estimate of drug-likeness (QED) is 0.780. The van der Waals surface area contributed by atoms with Gasteiger partial charge in [0.15, 0.2) is 0 Å². The summed E-state index contributed by atoms with van der Waals surface area (Å²) in [6, 6.07) is 5.93. The largest absolute Gasteiger partial charge is 0.508 e. The summed E-state index contributed by atoms with van der Waals surface area (Å²) in [6.45, 7) is 5.48. The maximum atomic E-state index is 12.3. The van der Waals surface area contributed by atoms with Crippen LogP contribution in [0.4, 0.5) is 0 Å². The van der Waals surface area contributed by atoms with Gasteiger partial charge in [0.25, 0.3) is 5.56 Å². The van der Waals surface area contributed by atoms with Crippen LogP contribution in [0.1, 0.15) is 36.8 Å². The summed E-state index contributed by atoms with van der Waals surface area (Å²) in [4.78, 5) is 23.6. The average Bonchev–Trinajstić information content (AvgIpc) is 2.68. The SMILES string of the molecule is CC(C)(C)c1[nH]n(-c2ccc(O)cc2)c(=O)c1C(=O)O. The van der Waals surface area contributed by atoms with Crippen molar-refractivity contribution in [2.45, 2.75) is 26.2 Å². The van der Waals surface area contributed by atoms with Crippen molar-refractivity contribution in [1.29, 1.82) is 0 Å². The second kappa shape index (κ2) is 4.56. The van der Waals surface area contributed by atoms with Crippen molar-refractivity contribution < 1.29 is 15.0 Å². The monoisotopic (exact) mass is 276 g/mol. The summed E-state index contributed by atoms with van der Waals surface area (Å²) < 4.78 is 1.17. The van der Waals surface area contributed by atoms with Gasteiger partial charge in [0.05, 0.1) is 11.4 Å². The highest BCUT2D eigenvalue weighted by molar-refractivity contribution is 5.89. The highest BCUT2D eigenvalue weighted by Crippen LogP contribution is 2.23. The number of H-pyrrole nitrogens is 1. The molecule has 1 aromatic carbocycles. The molecule has 0 amide bonds. The van der Waals surface area contributed by atoms with Crippen LogP contribution in [-0.2, 0) is 5.41 Å². The molecule has 0 radical (unpaired) electrons. The van der Waals surface area contributed by atoms with E-state index in [9.17, 15) is 19.8 Å². The van der Waals surface area contributed by atoms with Crippen molar-refractivity contribution in [3.63, 3.8) is 0 Å². The van der Waals surface area contributed by atoms with E-state index in [2.05, 4.69) is 5.10 Å². The molecule has 0 aliphatic heterocycles. The number of aromatic hydroxyl groups is 1. The molecular weight excluding hydrogens is 260 g/mol. The normalized spacial score (nSPS) is 11.6. The summed E-state index contributed by atoms with van der Waals surface area (Å²) in [7, 11) is 0. The lowest BCUT2D eigenvalue weighted by molar-refractivity contribution is 0.0692. The van der Waals surface area contributed by atoms with Crippen LogP contribution < -0.4 is 5.56 Å². The van der Waals surface area contributed by atoms with Crippen LogP contribution in [0.2, 0.25) is 0 Å². The number of phenolic OH excluding ortho intramolecular Hbond substituents is 1. The fraction of sp³-hybridized carbons (Fsp3) is 0.286. The summed E-state index contributed by atoms with van der Waals surface area (Å²) in [5, 5.41) is 21.3. The smallest absolute Gasteiger partial charge is 0.343 e. The second-order valence-corrected chi connectivity index (χ2v) is 5.57. The molecule has 2 rings (SSSR count). The van der Waals surface area contributed by atoms with Crippen molar-refractivity contribution in [3.8, 4) is 11.4 Å². The van der Waals surface area contributed by atoms with E-state index in [1.807, 2.05) is 20.8 Å². The molecule has 106 valence electrons.